The molecular weight excluding hydrogens is 279 g/mol. The minimum Gasteiger partial charge on any atom is -0.390 e. The van der Waals surface area contributed by atoms with Gasteiger partial charge in [0.25, 0.3) is 6.43 Å². The first-order valence-corrected chi connectivity index (χ1v) is 5.23. The molecule has 6 heteroatoms. The first-order valence-electron chi connectivity index (χ1n) is 3.73. The lowest BCUT2D eigenvalue weighted by molar-refractivity contribution is 0.151. The summed E-state index contributed by atoms with van der Waals surface area (Å²) in [6, 6.07) is 1.25. The molecule has 1 heterocycles. The normalized spacial score (nSPS) is 11.0. The van der Waals surface area contributed by atoms with Crippen LogP contribution in [0.3, 0.4) is 0 Å². The summed E-state index contributed by atoms with van der Waals surface area (Å²) >= 11 is 8.63. The molecular formula is C8H7BrClF2NO. The van der Waals surface area contributed by atoms with E-state index in [4.69, 9.17) is 16.7 Å². The van der Waals surface area contributed by atoms with Gasteiger partial charge >= 0.3 is 0 Å². The zero-order chi connectivity index (χ0) is 10.7. The average molecular weight is 287 g/mol. The number of rotatable bonds is 3. The van der Waals surface area contributed by atoms with Crippen molar-refractivity contribution in [2.45, 2.75) is 18.4 Å². The van der Waals surface area contributed by atoms with Gasteiger partial charge in [0.15, 0.2) is 0 Å². The third-order valence-electron chi connectivity index (χ3n) is 1.70. The fourth-order valence-electron chi connectivity index (χ4n) is 0.991. The molecule has 1 N–H and O–H groups in total. The van der Waals surface area contributed by atoms with Gasteiger partial charge in [-0.3, -0.25) is 0 Å². The molecule has 78 valence electrons. The number of halogens is 4. The number of aliphatic hydroxyl groups is 1. The van der Waals surface area contributed by atoms with Crippen molar-refractivity contribution in [2.75, 3.05) is 0 Å². The summed E-state index contributed by atoms with van der Waals surface area (Å²) in [5, 5.41) is 8.97. The Morgan fingerprint density at radius 1 is 1.57 bits per heavy atom. The predicted octanol–water partition coefficient (Wildman–Crippen LogP) is 3.06. The van der Waals surface area contributed by atoms with Crippen LogP contribution in [0.2, 0.25) is 5.15 Å². The molecule has 0 bridgehead atoms. The Kier molecular flexibility index (Phi) is 4.22. The standard InChI is InChI=1S/C8H7BrClF2NO/c9-2-4-1-5(8(11)12)7(10)13-6(4)3-14/h1,8,14H,2-3H2. The van der Waals surface area contributed by atoms with Gasteiger partial charge in [0.05, 0.1) is 17.9 Å². The molecule has 1 rings (SSSR count). The second-order valence-electron chi connectivity index (χ2n) is 2.57. The molecule has 0 atom stereocenters. The number of nitrogens with zero attached hydrogens (tertiary/aromatic N) is 1. The fraction of sp³-hybridized carbons (Fsp3) is 0.375. The Morgan fingerprint density at radius 2 is 2.21 bits per heavy atom. The maximum Gasteiger partial charge on any atom is 0.266 e. The molecule has 0 aliphatic rings. The summed E-state index contributed by atoms with van der Waals surface area (Å²) in [5.41, 5.74) is 0.529. The Balaban J connectivity index is 3.23. The van der Waals surface area contributed by atoms with Crippen LogP contribution in [0.25, 0.3) is 0 Å². The molecule has 0 saturated carbocycles. The molecule has 0 amide bonds. The zero-order valence-corrected chi connectivity index (χ0v) is 9.32. The monoisotopic (exact) mass is 285 g/mol. The van der Waals surface area contributed by atoms with Crippen molar-refractivity contribution in [3.8, 4) is 0 Å². The van der Waals surface area contributed by atoms with Crippen LogP contribution in [0.15, 0.2) is 6.07 Å². The second kappa shape index (κ2) is 5.00. The molecule has 1 aromatic rings. The first-order chi connectivity index (χ1) is 6.60. The van der Waals surface area contributed by atoms with Gasteiger partial charge in [-0.25, -0.2) is 13.8 Å². The SMILES string of the molecule is OCc1nc(Cl)c(C(F)F)cc1CBr. The summed E-state index contributed by atoms with van der Waals surface area (Å²) < 4.78 is 24.8. The summed E-state index contributed by atoms with van der Waals surface area (Å²) in [6.07, 6.45) is -2.65. The maximum absolute atomic E-state index is 12.4. The smallest absolute Gasteiger partial charge is 0.266 e. The van der Waals surface area contributed by atoms with E-state index in [1.54, 1.807) is 0 Å². The number of alkyl halides is 3. The van der Waals surface area contributed by atoms with E-state index in [0.717, 1.165) is 0 Å². The van der Waals surface area contributed by atoms with Gasteiger partial charge in [-0.15, -0.1) is 0 Å². The lowest BCUT2D eigenvalue weighted by atomic mass is 10.1. The summed E-state index contributed by atoms with van der Waals surface area (Å²) in [6.45, 7) is -0.315. The van der Waals surface area contributed by atoms with E-state index in [1.807, 2.05) is 0 Å². The van der Waals surface area contributed by atoms with Crippen LogP contribution in [0.4, 0.5) is 8.78 Å². The maximum atomic E-state index is 12.4. The summed E-state index contributed by atoms with van der Waals surface area (Å²) in [5.74, 6) is 0. The Morgan fingerprint density at radius 3 is 2.64 bits per heavy atom. The molecule has 0 spiro atoms. The lowest BCUT2D eigenvalue weighted by Crippen LogP contribution is -2.00. The van der Waals surface area contributed by atoms with E-state index in [2.05, 4.69) is 20.9 Å². The number of pyridine rings is 1. The third-order valence-corrected chi connectivity index (χ3v) is 2.61. The van der Waals surface area contributed by atoms with Gasteiger partial charge in [0.1, 0.15) is 5.15 Å². The highest BCUT2D eigenvalue weighted by atomic mass is 79.9. The molecule has 0 saturated heterocycles. The summed E-state index contributed by atoms with van der Waals surface area (Å²) in [4.78, 5) is 3.69. The van der Waals surface area contributed by atoms with Crippen LogP contribution in [-0.2, 0) is 11.9 Å². The average Bonchev–Trinajstić information content (AvgIpc) is 2.16. The lowest BCUT2D eigenvalue weighted by Gasteiger charge is -2.08. The van der Waals surface area contributed by atoms with Crippen LogP contribution < -0.4 is 0 Å². The number of aromatic nitrogens is 1. The molecule has 2 nitrogen and oxygen atoms in total. The molecule has 1 aromatic heterocycles. The van der Waals surface area contributed by atoms with Gasteiger partial charge in [-0.1, -0.05) is 27.5 Å². The number of hydrogen-bond donors (Lipinski definition) is 1. The van der Waals surface area contributed by atoms with E-state index >= 15 is 0 Å². The minimum absolute atomic E-state index is 0.256. The quantitative estimate of drug-likeness (QED) is 0.684. The Bertz CT molecular complexity index is 335. The van der Waals surface area contributed by atoms with Crippen molar-refractivity contribution in [2.24, 2.45) is 0 Å². The van der Waals surface area contributed by atoms with Crippen molar-refractivity contribution in [3.05, 3.63) is 28.0 Å². The van der Waals surface area contributed by atoms with E-state index < -0.39 is 6.43 Å². The third kappa shape index (κ3) is 2.40. The van der Waals surface area contributed by atoms with Crippen LogP contribution in [0.5, 0.6) is 0 Å². The van der Waals surface area contributed by atoms with Crippen molar-refractivity contribution < 1.29 is 13.9 Å². The minimum atomic E-state index is -2.65. The highest BCUT2D eigenvalue weighted by molar-refractivity contribution is 9.08. The van der Waals surface area contributed by atoms with E-state index in [1.165, 1.54) is 6.07 Å². The van der Waals surface area contributed by atoms with Crippen molar-refractivity contribution in [1.82, 2.24) is 4.98 Å². The van der Waals surface area contributed by atoms with E-state index in [0.29, 0.717) is 16.6 Å². The van der Waals surface area contributed by atoms with Crippen LogP contribution in [0, 0.1) is 0 Å². The highest BCUT2D eigenvalue weighted by Crippen LogP contribution is 2.28. The zero-order valence-electron chi connectivity index (χ0n) is 6.98. The second-order valence-corrected chi connectivity index (χ2v) is 3.49. The molecule has 0 unspecified atom stereocenters. The van der Waals surface area contributed by atoms with Crippen LogP contribution >= 0.6 is 27.5 Å². The van der Waals surface area contributed by atoms with E-state index in [-0.39, 0.29) is 17.3 Å². The van der Waals surface area contributed by atoms with Gasteiger partial charge in [0, 0.05) is 5.33 Å². The van der Waals surface area contributed by atoms with Gasteiger partial charge in [-0.05, 0) is 11.6 Å². The van der Waals surface area contributed by atoms with Crippen molar-refractivity contribution in [3.63, 3.8) is 0 Å². The Hall–Kier alpha value is -0.260. The van der Waals surface area contributed by atoms with Gasteiger partial charge in [0.2, 0.25) is 0 Å². The van der Waals surface area contributed by atoms with E-state index in [9.17, 15) is 8.78 Å². The van der Waals surface area contributed by atoms with Crippen molar-refractivity contribution >= 4 is 27.5 Å². The molecule has 0 radical (unpaired) electrons. The van der Waals surface area contributed by atoms with Gasteiger partial charge < -0.3 is 5.11 Å². The fourth-order valence-corrected chi connectivity index (χ4v) is 1.72. The number of hydrogen-bond acceptors (Lipinski definition) is 2. The number of aliphatic hydroxyl groups excluding tert-OH is 1. The summed E-state index contributed by atoms with van der Waals surface area (Å²) in [7, 11) is 0. The predicted molar refractivity (Wildman–Crippen MR) is 52.8 cm³/mol. The van der Waals surface area contributed by atoms with Crippen LogP contribution in [0.1, 0.15) is 23.2 Å². The van der Waals surface area contributed by atoms with Gasteiger partial charge in [-0.2, -0.15) is 0 Å². The molecule has 0 aromatic carbocycles. The van der Waals surface area contributed by atoms with Crippen molar-refractivity contribution in [1.29, 1.82) is 0 Å². The highest BCUT2D eigenvalue weighted by Gasteiger charge is 2.16. The molecule has 0 fully saturated rings. The molecule has 14 heavy (non-hydrogen) atoms. The Labute approximate surface area is 93.0 Å². The topological polar surface area (TPSA) is 33.1 Å². The molecule has 0 aliphatic heterocycles. The first kappa shape index (κ1) is 11.8. The molecule has 0 aliphatic carbocycles. The van der Waals surface area contributed by atoms with Crippen LogP contribution in [-0.4, -0.2) is 10.1 Å². The largest absolute Gasteiger partial charge is 0.390 e.